The summed E-state index contributed by atoms with van der Waals surface area (Å²) < 4.78 is 5.33. The summed E-state index contributed by atoms with van der Waals surface area (Å²) in [6.07, 6.45) is 6.29. The zero-order valence-corrected chi connectivity index (χ0v) is 19.8. The lowest BCUT2D eigenvalue weighted by atomic mass is 9.53. The first-order valence-electron chi connectivity index (χ1n) is 12.4. The largest absolute Gasteiger partial charge is 0.452 e. The summed E-state index contributed by atoms with van der Waals surface area (Å²) >= 11 is 0. The number of nitrogens with one attached hydrogen (secondary N) is 2. The standard InChI is InChI=1S/C26H34N4O4/c1-18(24(32)30(11-5-9-27)22-6-3-2-4-7-22)34-23(31)8-10-28-25(33)29-26-15-19-12-20(16-26)14-21(13-19)17-26/h2-4,6-7,18-21H,5,8,10-17H2,1H3,(H2,28,29,33). The molecule has 0 spiro atoms. The van der Waals surface area contributed by atoms with Crippen LogP contribution in [0.4, 0.5) is 10.5 Å². The average Bonchev–Trinajstić information content (AvgIpc) is 2.78. The van der Waals surface area contributed by atoms with Crippen LogP contribution in [0.3, 0.4) is 0 Å². The zero-order chi connectivity index (χ0) is 24.1. The number of urea groups is 1. The SMILES string of the molecule is CC(OC(=O)CCNC(=O)NC12CC3CC(CC(C3)C1)C2)C(=O)N(CCC#N)c1ccccc1. The summed E-state index contributed by atoms with van der Waals surface area (Å²) in [4.78, 5) is 39.2. The van der Waals surface area contributed by atoms with Crippen LogP contribution in [0.15, 0.2) is 30.3 Å². The molecular weight excluding hydrogens is 432 g/mol. The highest BCUT2D eigenvalue weighted by Gasteiger charge is 2.51. The van der Waals surface area contributed by atoms with Gasteiger partial charge >= 0.3 is 12.0 Å². The first-order valence-corrected chi connectivity index (χ1v) is 12.4. The van der Waals surface area contributed by atoms with Crippen LogP contribution in [-0.2, 0) is 14.3 Å². The van der Waals surface area contributed by atoms with Crippen molar-refractivity contribution >= 4 is 23.6 Å². The highest BCUT2D eigenvalue weighted by Crippen LogP contribution is 2.55. The zero-order valence-electron chi connectivity index (χ0n) is 19.8. The second kappa shape index (κ2) is 10.5. The summed E-state index contributed by atoms with van der Waals surface area (Å²) in [5, 5.41) is 14.9. The summed E-state index contributed by atoms with van der Waals surface area (Å²) in [5.74, 6) is 1.28. The highest BCUT2D eigenvalue weighted by molar-refractivity contribution is 5.97. The second-order valence-corrected chi connectivity index (χ2v) is 10.2. The topological polar surface area (TPSA) is 112 Å². The predicted molar refractivity (Wildman–Crippen MR) is 127 cm³/mol. The van der Waals surface area contributed by atoms with Crippen LogP contribution in [0.25, 0.3) is 0 Å². The third-order valence-corrected chi connectivity index (χ3v) is 7.47. The smallest absolute Gasteiger partial charge is 0.315 e. The van der Waals surface area contributed by atoms with Gasteiger partial charge in [0, 0.05) is 24.3 Å². The van der Waals surface area contributed by atoms with Gasteiger partial charge in [0.05, 0.1) is 18.9 Å². The lowest BCUT2D eigenvalue weighted by Crippen LogP contribution is -2.61. The van der Waals surface area contributed by atoms with Gasteiger partial charge in [-0.2, -0.15) is 5.26 Å². The van der Waals surface area contributed by atoms with Gasteiger partial charge in [-0.15, -0.1) is 0 Å². The van der Waals surface area contributed by atoms with Gasteiger partial charge in [0.25, 0.3) is 5.91 Å². The van der Waals surface area contributed by atoms with Gasteiger partial charge < -0.3 is 20.3 Å². The van der Waals surface area contributed by atoms with Crippen LogP contribution in [-0.4, -0.2) is 42.6 Å². The van der Waals surface area contributed by atoms with Crippen molar-refractivity contribution in [2.45, 2.75) is 69.9 Å². The van der Waals surface area contributed by atoms with Gasteiger partial charge in [0.15, 0.2) is 6.10 Å². The van der Waals surface area contributed by atoms with Crippen LogP contribution in [0.5, 0.6) is 0 Å². The molecule has 1 unspecified atom stereocenters. The van der Waals surface area contributed by atoms with Crippen LogP contribution >= 0.6 is 0 Å². The molecule has 0 radical (unpaired) electrons. The summed E-state index contributed by atoms with van der Waals surface area (Å²) in [6, 6.07) is 10.8. The lowest BCUT2D eigenvalue weighted by Gasteiger charge is -2.56. The van der Waals surface area contributed by atoms with Gasteiger partial charge in [-0.3, -0.25) is 9.59 Å². The van der Waals surface area contributed by atoms with Crippen molar-refractivity contribution in [3.05, 3.63) is 30.3 Å². The number of anilines is 1. The van der Waals surface area contributed by atoms with Crippen LogP contribution in [0, 0.1) is 29.1 Å². The number of esters is 1. The molecule has 0 heterocycles. The third kappa shape index (κ3) is 5.69. The molecule has 34 heavy (non-hydrogen) atoms. The molecule has 8 nitrogen and oxygen atoms in total. The van der Waals surface area contributed by atoms with Crippen molar-refractivity contribution in [2.24, 2.45) is 17.8 Å². The maximum absolute atomic E-state index is 12.9. The van der Waals surface area contributed by atoms with E-state index in [1.807, 2.05) is 12.1 Å². The van der Waals surface area contributed by atoms with Crippen molar-refractivity contribution in [3.63, 3.8) is 0 Å². The van der Waals surface area contributed by atoms with Crippen LogP contribution < -0.4 is 15.5 Å². The van der Waals surface area contributed by atoms with Gasteiger partial charge in [-0.25, -0.2) is 4.79 Å². The molecular formula is C26H34N4O4. The lowest BCUT2D eigenvalue weighted by molar-refractivity contribution is -0.153. The molecule has 4 aliphatic carbocycles. The molecule has 4 fully saturated rings. The van der Waals surface area contributed by atoms with Crippen molar-refractivity contribution in [3.8, 4) is 6.07 Å². The molecule has 2 N–H and O–H groups in total. The van der Waals surface area contributed by atoms with Gasteiger partial charge in [-0.1, -0.05) is 18.2 Å². The van der Waals surface area contributed by atoms with E-state index in [0.29, 0.717) is 5.69 Å². The van der Waals surface area contributed by atoms with Crippen molar-refractivity contribution < 1.29 is 19.1 Å². The van der Waals surface area contributed by atoms with Gasteiger partial charge in [0.2, 0.25) is 0 Å². The molecule has 0 saturated heterocycles. The molecule has 4 aliphatic rings. The second-order valence-electron chi connectivity index (χ2n) is 10.2. The van der Waals surface area contributed by atoms with E-state index in [0.717, 1.165) is 37.0 Å². The average molecular weight is 467 g/mol. The molecule has 4 saturated carbocycles. The normalized spacial score (nSPS) is 27.4. The number of hydrogen-bond donors (Lipinski definition) is 2. The third-order valence-electron chi connectivity index (χ3n) is 7.47. The van der Waals surface area contributed by atoms with Crippen LogP contribution in [0.1, 0.15) is 58.3 Å². The Morgan fingerprint density at radius 3 is 2.32 bits per heavy atom. The maximum atomic E-state index is 12.9. The highest BCUT2D eigenvalue weighted by atomic mass is 16.5. The number of carbonyl (C=O) groups is 3. The molecule has 0 aromatic heterocycles. The van der Waals surface area contributed by atoms with E-state index >= 15 is 0 Å². The molecule has 0 aliphatic heterocycles. The van der Waals surface area contributed by atoms with Gasteiger partial charge in [-0.05, 0) is 75.3 Å². The molecule has 1 aromatic carbocycles. The molecule has 1 atom stereocenters. The quantitative estimate of drug-likeness (QED) is 0.541. The van der Waals surface area contributed by atoms with E-state index < -0.39 is 12.1 Å². The van der Waals surface area contributed by atoms with Crippen molar-refractivity contribution in [1.82, 2.24) is 10.6 Å². The molecule has 8 heteroatoms. The molecule has 5 rings (SSSR count). The number of rotatable bonds is 9. The fourth-order valence-corrected chi connectivity index (χ4v) is 6.49. The number of hydrogen-bond acceptors (Lipinski definition) is 5. The van der Waals surface area contributed by atoms with E-state index in [1.165, 1.54) is 31.1 Å². The van der Waals surface area contributed by atoms with Crippen molar-refractivity contribution in [1.29, 1.82) is 5.26 Å². The molecule has 4 bridgehead atoms. The van der Waals surface area contributed by atoms with E-state index in [2.05, 4.69) is 10.6 Å². The first kappa shape index (κ1) is 24.1. The van der Waals surface area contributed by atoms with E-state index in [1.54, 1.807) is 24.3 Å². The Labute approximate surface area is 201 Å². The minimum Gasteiger partial charge on any atom is -0.452 e. The number of ether oxygens (including phenoxy) is 1. The minimum atomic E-state index is -0.993. The number of nitrogens with zero attached hydrogens (tertiary/aromatic N) is 2. The Morgan fingerprint density at radius 2 is 1.74 bits per heavy atom. The number of para-hydroxylation sites is 1. The monoisotopic (exact) mass is 466 g/mol. The Kier molecular flexibility index (Phi) is 7.40. The Hall–Kier alpha value is -3.08. The number of carbonyl (C=O) groups excluding carboxylic acids is 3. The Balaban J connectivity index is 1.21. The van der Waals surface area contributed by atoms with Gasteiger partial charge in [0.1, 0.15) is 0 Å². The van der Waals surface area contributed by atoms with E-state index in [-0.39, 0.29) is 43.4 Å². The summed E-state index contributed by atoms with van der Waals surface area (Å²) in [7, 11) is 0. The first-order chi connectivity index (χ1) is 16.4. The molecule has 1 aromatic rings. The number of amides is 3. The molecule has 182 valence electrons. The van der Waals surface area contributed by atoms with Crippen LogP contribution in [0.2, 0.25) is 0 Å². The summed E-state index contributed by atoms with van der Waals surface area (Å²) in [5.41, 5.74) is 0.568. The summed E-state index contributed by atoms with van der Waals surface area (Å²) in [6.45, 7) is 1.89. The Bertz CT molecular complexity index is 907. The Morgan fingerprint density at radius 1 is 1.12 bits per heavy atom. The number of nitriles is 1. The number of benzene rings is 1. The van der Waals surface area contributed by atoms with E-state index in [9.17, 15) is 14.4 Å². The maximum Gasteiger partial charge on any atom is 0.315 e. The van der Waals surface area contributed by atoms with E-state index in [4.69, 9.17) is 10.00 Å². The minimum absolute atomic E-state index is 0.0184. The fraction of sp³-hybridized carbons (Fsp3) is 0.615. The predicted octanol–water partition coefficient (Wildman–Crippen LogP) is 3.52. The van der Waals surface area contributed by atoms with Crippen molar-refractivity contribution in [2.75, 3.05) is 18.0 Å². The molecule has 3 amide bonds. The fourth-order valence-electron chi connectivity index (χ4n) is 6.49.